The first kappa shape index (κ1) is 13.3. The van der Waals surface area contributed by atoms with E-state index in [0.29, 0.717) is 5.15 Å². The lowest BCUT2D eigenvalue weighted by Crippen LogP contribution is -1.93. The molecule has 3 nitrogen and oxygen atoms in total. The van der Waals surface area contributed by atoms with Crippen LogP contribution >= 0.6 is 27.5 Å². The first-order chi connectivity index (χ1) is 9.70. The number of rotatable bonds is 2. The zero-order valence-corrected chi connectivity index (χ0v) is 12.9. The Morgan fingerprint density at radius 2 is 1.80 bits per heavy atom. The maximum atomic E-state index is 6.10. The Labute approximate surface area is 129 Å². The molecule has 20 heavy (non-hydrogen) atoms. The van der Waals surface area contributed by atoms with Crippen LogP contribution in [0.1, 0.15) is 0 Å². The van der Waals surface area contributed by atoms with E-state index in [1.54, 1.807) is 7.11 Å². The molecular weight excluding hydrogens is 340 g/mol. The highest BCUT2D eigenvalue weighted by atomic mass is 79.9. The highest BCUT2D eigenvalue weighted by molar-refractivity contribution is 9.10. The monoisotopic (exact) mass is 348 g/mol. The third-order valence-electron chi connectivity index (χ3n) is 3.07. The lowest BCUT2D eigenvalue weighted by molar-refractivity contribution is 0.414. The van der Waals surface area contributed by atoms with Crippen LogP contribution in [0.2, 0.25) is 5.15 Å². The summed E-state index contributed by atoms with van der Waals surface area (Å²) >= 11 is 9.65. The minimum Gasteiger partial charge on any atom is -0.497 e. The van der Waals surface area contributed by atoms with E-state index in [-0.39, 0.29) is 0 Å². The van der Waals surface area contributed by atoms with Crippen LogP contribution in [-0.2, 0) is 0 Å². The van der Waals surface area contributed by atoms with Crippen LogP contribution in [0.15, 0.2) is 46.9 Å². The van der Waals surface area contributed by atoms with Crippen molar-refractivity contribution in [1.29, 1.82) is 0 Å². The summed E-state index contributed by atoms with van der Waals surface area (Å²) in [5, 5.41) is 10.5. The number of benzene rings is 2. The molecule has 0 spiro atoms. The molecule has 0 atom stereocenters. The molecule has 0 radical (unpaired) electrons. The topological polar surface area (TPSA) is 35.0 Å². The molecular formula is C15H10BrClN2O. The molecule has 0 aliphatic carbocycles. The van der Waals surface area contributed by atoms with Gasteiger partial charge in [-0.15, -0.1) is 10.2 Å². The fourth-order valence-corrected chi connectivity index (χ4v) is 2.83. The Bertz CT molecular complexity index is 792. The molecule has 0 saturated heterocycles. The molecule has 0 amide bonds. The zero-order valence-electron chi connectivity index (χ0n) is 10.6. The van der Waals surface area contributed by atoms with E-state index < -0.39 is 0 Å². The number of aromatic nitrogens is 2. The van der Waals surface area contributed by atoms with Gasteiger partial charge < -0.3 is 4.74 Å². The van der Waals surface area contributed by atoms with Gasteiger partial charge in [-0.25, -0.2) is 0 Å². The summed E-state index contributed by atoms with van der Waals surface area (Å²) in [6.07, 6.45) is 0. The number of ether oxygens (including phenoxy) is 1. The van der Waals surface area contributed by atoms with Crippen LogP contribution in [0.4, 0.5) is 0 Å². The second-order valence-electron chi connectivity index (χ2n) is 4.23. The van der Waals surface area contributed by atoms with Crippen molar-refractivity contribution in [2.75, 3.05) is 7.11 Å². The molecule has 0 unspecified atom stereocenters. The van der Waals surface area contributed by atoms with Gasteiger partial charge in [0.15, 0.2) is 5.15 Å². The van der Waals surface area contributed by atoms with Gasteiger partial charge in [-0.3, -0.25) is 0 Å². The van der Waals surface area contributed by atoms with Gasteiger partial charge in [-0.2, -0.15) is 0 Å². The number of hydrogen-bond acceptors (Lipinski definition) is 3. The van der Waals surface area contributed by atoms with Crippen LogP contribution < -0.4 is 4.74 Å². The van der Waals surface area contributed by atoms with Crippen LogP contribution in [0, 0.1) is 0 Å². The van der Waals surface area contributed by atoms with E-state index in [2.05, 4.69) is 26.1 Å². The standard InChI is InChI=1S/C15H10BrClN2O/c1-20-9-6-7-12(13(16)8-9)14-10-4-2-3-5-11(10)15(17)19-18-14/h2-8H,1H3. The second-order valence-corrected chi connectivity index (χ2v) is 5.44. The van der Waals surface area contributed by atoms with Gasteiger partial charge in [0.25, 0.3) is 0 Å². The summed E-state index contributed by atoms with van der Waals surface area (Å²) in [7, 11) is 1.64. The van der Waals surface area contributed by atoms with Crippen LogP contribution in [0.5, 0.6) is 5.75 Å². The molecule has 1 aromatic heterocycles. The van der Waals surface area contributed by atoms with E-state index in [1.165, 1.54) is 0 Å². The van der Waals surface area contributed by atoms with Crippen molar-refractivity contribution in [2.45, 2.75) is 0 Å². The molecule has 2 aromatic carbocycles. The molecule has 0 saturated carbocycles. The molecule has 1 heterocycles. The molecule has 3 aromatic rings. The van der Waals surface area contributed by atoms with Gasteiger partial charge in [-0.05, 0) is 34.1 Å². The summed E-state index contributed by atoms with van der Waals surface area (Å²) < 4.78 is 6.11. The smallest absolute Gasteiger partial charge is 0.159 e. The first-order valence-electron chi connectivity index (χ1n) is 5.95. The first-order valence-corrected chi connectivity index (χ1v) is 7.12. The number of nitrogens with zero attached hydrogens (tertiary/aromatic N) is 2. The van der Waals surface area contributed by atoms with Crippen LogP contribution in [-0.4, -0.2) is 17.3 Å². The van der Waals surface area contributed by atoms with Crippen LogP contribution in [0.25, 0.3) is 22.0 Å². The number of halogens is 2. The third kappa shape index (κ3) is 2.25. The van der Waals surface area contributed by atoms with E-state index in [0.717, 1.165) is 32.3 Å². The predicted molar refractivity (Wildman–Crippen MR) is 84.2 cm³/mol. The largest absolute Gasteiger partial charge is 0.497 e. The van der Waals surface area contributed by atoms with Crippen molar-refractivity contribution in [3.05, 3.63) is 52.1 Å². The SMILES string of the molecule is COc1ccc(-c2nnc(Cl)c3ccccc23)c(Br)c1. The third-order valence-corrected chi connectivity index (χ3v) is 4.01. The lowest BCUT2D eigenvalue weighted by Gasteiger charge is -2.09. The van der Waals surface area contributed by atoms with Crippen molar-refractivity contribution in [1.82, 2.24) is 10.2 Å². The van der Waals surface area contributed by atoms with E-state index >= 15 is 0 Å². The molecule has 5 heteroatoms. The molecule has 0 fully saturated rings. The Morgan fingerprint density at radius 3 is 2.50 bits per heavy atom. The fraction of sp³-hybridized carbons (Fsp3) is 0.0667. The van der Waals surface area contributed by atoms with Crippen molar-refractivity contribution >= 4 is 38.3 Å². The molecule has 0 aliphatic rings. The highest BCUT2D eigenvalue weighted by Gasteiger charge is 2.12. The minimum absolute atomic E-state index is 0.411. The minimum atomic E-state index is 0.411. The highest BCUT2D eigenvalue weighted by Crippen LogP contribution is 2.35. The predicted octanol–water partition coefficient (Wildman–Crippen LogP) is 4.72. The Morgan fingerprint density at radius 1 is 1.05 bits per heavy atom. The number of fused-ring (bicyclic) bond motifs is 1. The Balaban J connectivity index is 2.27. The van der Waals surface area contributed by atoms with Crippen molar-refractivity contribution in [3.8, 4) is 17.0 Å². The van der Waals surface area contributed by atoms with E-state index in [4.69, 9.17) is 16.3 Å². The van der Waals surface area contributed by atoms with E-state index in [9.17, 15) is 0 Å². The summed E-state index contributed by atoms with van der Waals surface area (Å²) in [5.74, 6) is 0.784. The Kier molecular flexibility index (Phi) is 3.59. The summed E-state index contributed by atoms with van der Waals surface area (Å²) in [4.78, 5) is 0. The van der Waals surface area contributed by atoms with Gasteiger partial charge in [0.05, 0.1) is 7.11 Å². The maximum Gasteiger partial charge on any atom is 0.159 e. The summed E-state index contributed by atoms with van der Waals surface area (Å²) in [6, 6.07) is 13.6. The quantitative estimate of drug-likeness (QED) is 0.671. The Hall–Kier alpha value is -1.65. The number of hydrogen-bond donors (Lipinski definition) is 0. The van der Waals surface area contributed by atoms with Gasteiger partial charge in [0.1, 0.15) is 11.4 Å². The molecule has 100 valence electrons. The van der Waals surface area contributed by atoms with Crippen molar-refractivity contribution in [3.63, 3.8) is 0 Å². The molecule has 3 rings (SSSR count). The molecule has 0 aliphatic heterocycles. The second kappa shape index (κ2) is 5.38. The van der Waals surface area contributed by atoms with Crippen molar-refractivity contribution in [2.24, 2.45) is 0 Å². The van der Waals surface area contributed by atoms with Gasteiger partial charge >= 0.3 is 0 Å². The number of methoxy groups -OCH3 is 1. The average Bonchev–Trinajstić information content (AvgIpc) is 2.48. The summed E-state index contributed by atoms with van der Waals surface area (Å²) in [6.45, 7) is 0. The fourth-order valence-electron chi connectivity index (χ4n) is 2.08. The van der Waals surface area contributed by atoms with Crippen LogP contribution in [0.3, 0.4) is 0 Å². The lowest BCUT2D eigenvalue weighted by atomic mass is 10.1. The average molecular weight is 350 g/mol. The van der Waals surface area contributed by atoms with Gasteiger partial charge in [-0.1, -0.05) is 35.9 Å². The zero-order chi connectivity index (χ0) is 14.1. The maximum absolute atomic E-state index is 6.10. The molecule has 0 bridgehead atoms. The van der Waals surface area contributed by atoms with Crippen molar-refractivity contribution < 1.29 is 4.74 Å². The molecule has 0 N–H and O–H groups in total. The van der Waals surface area contributed by atoms with E-state index in [1.807, 2.05) is 42.5 Å². The van der Waals surface area contributed by atoms with Gasteiger partial charge in [0.2, 0.25) is 0 Å². The summed E-state index contributed by atoms with van der Waals surface area (Å²) in [5.41, 5.74) is 1.74. The normalized spacial score (nSPS) is 10.8. The van der Waals surface area contributed by atoms with Gasteiger partial charge in [0, 0.05) is 20.8 Å².